The molecule has 1 aromatic carbocycles. The molecule has 1 atom stereocenters. The first-order valence-corrected chi connectivity index (χ1v) is 12.2. The van der Waals surface area contributed by atoms with E-state index in [1.807, 2.05) is 4.98 Å². The van der Waals surface area contributed by atoms with Crippen LogP contribution >= 0.6 is 0 Å². The number of rotatable bonds is 4. The topological polar surface area (TPSA) is 127 Å². The maximum absolute atomic E-state index is 13.2. The second-order valence-corrected chi connectivity index (χ2v) is 10.2. The van der Waals surface area contributed by atoms with Crippen LogP contribution in [0.2, 0.25) is 0 Å². The molecular formula is C21H26FN5O5S. The van der Waals surface area contributed by atoms with E-state index in [-0.39, 0.29) is 30.5 Å². The number of benzene rings is 1. The number of aromatic nitrogens is 2. The van der Waals surface area contributed by atoms with Gasteiger partial charge in [0.1, 0.15) is 5.82 Å². The molecule has 2 aliphatic heterocycles. The highest BCUT2D eigenvalue weighted by molar-refractivity contribution is 7.89. The number of piperazine rings is 1. The summed E-state index contributed by atoms with van der Waals surface area (Å²) in [6, 6.07) is 6.21. The molecule has 0 spiro atoms. The number of aryl methyl sites for hydroxylation is 1. The van der Waals surface area contributed by atoms with E-state index >= 15 is 0 Å². The van der Waals surface area contributed by atoms with Crippen LogP contribution in [0.4, 0.5) is 10.1 Å². The number of carbonyl (C=O) groups excluding carboxylic acids is 1. The van der Waals surface area contributed by atoms with Crippen LogP contribution in [0.1, 0.15) is 18.5 Å². The van der Waals surface area contributed by atoms with Gasteiger partial charge in [0.05, 0.1) is 5.92 Å². The number of halogens is 1. The van der Waals surface area contributed by atoms with Gasteiger partial charge in [-0.2, -0.15) is 4.31 Å². The van der Waals surface area contributed by atoms with E-state index in [1.54, 1.807) is 17.0 Å². The Morgan fingerprint density at radius 3 is 2.33 bits per heavy atom. The molecule has 2 aromatic rings. The third kappa shape index (κ3) is 4.71. The number of piperidine rings is 1. The molecule has 2 saturated heterocycles. The molecular weight excluding hydrogens is 453 g/mol. The van der Waals surface area contributed by atoms with Crippen molar-refractivity contribution in [1.29, 1.82) is 0 Å². The van der Waals surface area contributed by atoms with Gasteiger partial charge in [0.15, 0.2) is 4.90 Å². The average Bonchev–Trinajstić information content (AvgIpc) is 2.78. The molecule has 0 radical (unpaired) electrons. The highest BCUT2D eigenvalue weighted by Gasteiger charge is 2.37. The number of hydrogen-bond donors (Lipinski definition) is 2. The number of hydrogen-bond acceptors (Lipinski definition) is 6. The van der Waals surface area contributed by atoms with Gasteiger partial charge >= 0.3 is 5.69 Å². The lowest BCUT2D eigenvalue weighted by atomic mass is 9.97. The van der Waals surface area contributed by atoms with Crippen molar-refractivity contribution >= 4 is 21.6 Å². The number of H-pyrrole nitrogens is 2. The summed E-state index contributed by atoms with van der Waals surface area (Å²) in [4.78, 5) is 44.4. The van der Waals surface area contributed by atoms with Gasteiger partial charge in [-0.3, -0.25) is 14.6 Å². The van der Waals surface area contributed by atoms with Crippen LogP contribution in [0.25, 0.3) is 0 Å². The maximum Gasteiger partial charge on any atom is 0.325 e. The van der Waals surface area contributed by atoms with Crippen molar-refractivity contribution in [2.45, 2.75) is 24.7 Å². The first kappa shape index (κ1) is 23.2. The summed E-state index contributed by atoms with van der Waals surface area (Å²) in [5.41, 5.74) is -0.890. The lowest BCUT2D eigenvalue weighted by Gasteiger charge is -2.39. The zero-order chi connectivity index (χ0) is 23.8. The predicted molar refractivity (Wildman–Crippen MR) is 119 cm³/mol. The summed E-state index contributed by atoms with van der Waals surface area (Å²) in [7, 11) is -4.18. The Labute approximate surface area is 190 Å². The van der Waals surface area contributed by atoms with E-state index in [0.717, 1.165) is 9.99 Å². The van der Waals surface area contributed by atoms with Crippen LogP contribution in [0.3, 0.4) is 0 Å². The van der Waals surface area contributed by atoms with E-state index in [2.05, 4.69) is 9.88 Å². The molecule has 2 aliphatic rings. The van der Waals surface area contributed by atoms with Gasteiger partial charge in [-0.15, -0.1) is 0 Å². The zero-order valence-corrected chi connectivity index (χ0v) is 19.0. The Morgan fingerprint density at radius 1 is 1.03 bits per heavy atom. The molecule has 0 unspecified atom stereocenters. The van der Waals surface area contributed by atoms with Crippen LogP contribution in [-0.2, 0) is 14.8 Å². The van der Waals surface area contributed by atoms with Gasteiger partial charge in [0.25, 0.3) is 5.56 Å². The Balaban J connectivity index is 1.43. The van der Waals surface area contributed by atoms with E-state index in [1.165, 1.54) is 19.1 Å². The molecule has 2 fully saturated rings. The van der Waals surface area contributed by atoms with Gasteiger partial charge in [-0.05, 0) is 44.0 Å². The minimum absolute atomic E-state index is 0.0165. The Hall–Kier alpha value is -2.99. The summed E-state index contributed by atoms with van der Waals surface area (Å²) in [6.07, 6.45) is 1.05. The molecule has 10 nitrogen and oxygen atoms in total. The second kappa shape index (κ2) is 9.10. The molecule has 0 bridgehead atoms. The molecule has 1 amide bonds. The molecule has 4 rings (SSSR count). The lowest BCUT2D eigenvalue weighted by molar-refractivity contribution is -0.137. The zero-order valence-electron chi connectivity index (χ0n) is 18.2. The molecule has 0 saturated carbocycles. The largest absolute Gasteiger partial charge is 0.368 e. The number of carbonyl (C=O) groups is 1. The third-order valence-electron chi connectivity index (χ3n) is 6.19. The van der Waals surface area contributed by atoms with E-state index in [0.29, 0.717) is 39.0 Å². The van der Waals surface area contributed by atoms with Crippen molar-refractivity contribution in [3.05, 3.63) is 56.6 Å². The minimum atomic E-state index is -4.18. The number of amides is 1. The Bertz CT molecular complexity index is 1250. The minimum Gasteiger partial charge on any atom is -0.368 e. The summed E-state index contributed by atoms with van der Waals surface area (Å²) in [5.74, 6) is -0.919. The first-order chi connectivity index (χ1) is 15.7. The first-order valence-electron chi connectivity index (χ1n) is 10.8. The summed E-state index contributed by atoms with van der Waals surface area (Å²) < 4.78 is 40.6. The fourth-order valence-corrected chi connectivity index (χ4v) is 6.21. The fraction of sp³-hybridized carbons (Fsp3) is 0.476. The van der Waals surface area contributed by atoms with Crippen molar-refractivity contribution in [1.82, 2.24) is 19.2 Å². The van der Waals surface area contributed by atoms with Gasteiger partial charge in [-0.25, -0.2) is 17.6 Å². The molecule has 0 aliphatic carbocycles. The van der Waals surface area contributed by atoms with E-state index < -0.39 is 32.1 Å². The highest BCUT2D eigenvalue weighted by Crippen LogP contribution is 2.25. The number of anilines is 1. The highest BCUT2D eigenvalue weighted by atomic mass is 32.2. The van der Waals surface area contributed by atoms with Crippen LogP contribution in [0.5, 0.6) is 0 Å². The smallest absolute Gasteiger partial charge is 0.325 e. The van der Waals surface area contributed by atoms with Crippen LogP contribution in [-0.4, -0.2) is 72.8 Å². The van der Waals surface area contributed by atoms with Crippen molar-refractivity contribution in [2.24, 2.45) is 5.92 Å². The molecule has 3 heterocycles. The number of nitrogens with one attached hydrogen (secondary N) is 2. The summed E-state index contributed by atoms with van der Waals surface area (Å²) in [5, 5.41) is 0. The van der Waals surface area contributed by atoms with Crippen molar-refractivity contribution in [2.75, 3.05) is 44.2 Å². The molecule has 178 valence electrons. The SMILES string of the molecule is Cc1[nH]c(=O)[nH]c(=O)c1S(=O)(=O)N1CCC[C@@H](C(=O)N2CCN(c3ccc(F)cc3)CC2)C1. The quantitative estimate of drug-likeness (QED) is 0.648. The van der Waals surface area contributed by atoms with Gasteiger partial charge in [0.2, 0.25) is 15.9 Å². The molecule has 2 N–H and O–H groups in total. The van der Waals surface area contributed by atoms with Crippen LogP contribution < -0.4 is 16.1 Å². The van der Waals surface area contributed by atoms with Crippen molar-refractivity contribution < 1.29 is 17.6 Å². The van der Waals surface area contributed by atoms with Crippen molar-refractivity contribution in [3.8, 4) is 0 Å². The molecule has 33 heavy (non-hydrogen) atoms. The molecule has 1 aromatic heterocycles. The number of nitrogens with zero attached hydrogens (tertiary/aromatic N) is 3. The maximum atomic E-state index is 13.2. The monoisotopic (exact) mass is 479 g/mol. The Kier molecular flexibility index (Phi) is 6.39. The molecule has 12 heteroatoms. The van der Waals surface area contributed by atoms with Crippen LogP contribution in [0, 0.1) is 18.7 Å². The van der Waals surface area contributed by atoms with Gasteiger partial charge in [-0.1, -0.05) is 0 Å². The number of aromatic amines is 2. The van der Waals surface area contributed by atoms with E-state index in [4.69, 9.17) is 0 Å². The number of sulfonamides is 1. The summed E-state index contributed by atoms with van der Waals surface area (Å²) >= 11 is 0. The van der Waals surface area contributed by atoms with Gasteiger partial charge in [0, 0.05) is 50.6 Å². The lowest BCUT2D eigenvalue weighted by Crippen LogP contribution is -2.53. The van der Waals surface area contributed by atoms with Gasteiger partial charge < -0.3 is 14.8 Å². The van der Waals surface area contributed by atoms with Crippen molar-refractivity contribution in [3.63, 3.8) is 0 Å². The average molecular weight is 480 g/mol. The summed E-state index contributed by atoms with van der Waals surface area (Å²) in [6.45, 7) is 3.70. The third-order valence-corrected chi connectivity index (χ3v) is 8.21. The second-order valence-electron chi connectivity index (χ2n) is 8.35. The van der Waals surface area contributed by atoms with E-state index in [9.17, 15) is 27.2 Å². The fourth-order valence-electron chi connectivity index (χ4n) is 4.49. The standard InChI is InChI=1S/C21H26FN5O5S/c1-14-18(19(28)24-21(30)23-14)33(31,32)27-8-2-3-15(13-27)20(29)26-11-9-25(10-12-26)17-6-4-16(22)5-7-17/h4-7,15H,2-3,8-13H2,1H3,(H2,23,24,28,30)/t15-/m1/s1. The predicted octanol–water partition coefficient (Wildman–Crippen LogP) is 0.260. The van der Waals surface area contributed by atoms with Crippen LogP contribution in [0.15, 0.2) is 38.8 Å². The Morgan fingerprint density at radius 2 is 1.70 bits per heavy atom. The normalized spacial score (nSPS) is 20.1.